The van der Waals surface area contributed by atoms with Crippen LogP contribution >= 0.6 is 0 Å². The van der Waals surface area contributed by atoms with Gasteiger partial charge in [-0.05, 0) is 30.7 Å². The highest BCUT2D eigenvalue weighted by Gasteiger charge is 2.25. The molecule has 1 aromatic heterocycles. The van der Waals surface area contributed by atoms with E-state index in [1.807, 2.05) is 0 Å². The number of likely N-dealkylation sites (tertiary alicyclic amines) is 1. The summed E-state index contributed by atoms with van der Waals surface area (Å²) in [4.78, 5) is 0. The molecule has 1 aliphatic rings. The summed E-state index contributed by atoms with van der Waals surface area (Å²) in [7, 11) is 2.42. The second-order valence-corrected chi connectivity index (χ2v) is 6.37. The van der Waals surface area contributed by atoms with Crippen LogP contribution in [0.1, 0.15) is 44.6 Å². The molecule has 0 spiro atoms. The SMILES string of the molecule is CC(C)c1cc[n+](CC[N+]2(C)CCCCC2)cc1. The topological polar surface area (TPSA) is 3.88 Å². The highest BCUT2D eigenvalue weighted by molar-refractivity contribution is 5.11. The molecule has 1 saturated heterocycles. The fraction of sp³-hybridized carbons (Fsp3) is 0.688. The molecule has 100 valence electrons. The predicted molar refractivity (Wildman–Crippen MR) is 75.4 cm³/mol. The Balaban J connectivity index is 1.89. The predicted octanol–water partition coefficient (Wildman–Crippen LogP) is 2.73. The van der Waals surface area contributed by atoms with Crippen LogP contribution in [0.5, 0.6) is 0 Å². The molecule has 0 N–H and O–H groups in total. The van der Waals surface area contributed by atoms with Crippen molar-refractivity contribution in [3.05, 3.63) is 30.1 Å². The van der Waals surface area contributed by atoms with Crippen LogP contribution in [0.3, 0.4) is 0 Å². The van der Waals surface area contributed by atoms with Crippen molar-refractivity contribution in [2.45, 2.75) is 45.6 Å². The third-order valence-corrected chi connectivity index (χ3v) is 4.38. The molecule has 0 amide bonds. The average molecular weight is 248 g/mol. The Morgan fingerprint density at radius 1 is 1.11 bits per heavy atom. The van der Waals surface area contributed by atoms with Crippen molar-refractivity contribution >= 4 is 0 Å². The smallest absolute Gasteiger partial charge is 0.196 e. The van der Waals surface area contributed by atoms with Crippen LogP contribution in [0.4, 0.5) is 0 Å². The summed E-state index contributed by atoms with van der Waals surface area (Å²) in [5, 5.41) is 0. The van der Waals surface area contributed by atoms with Gasteiger partial charge in [0.1, 0.15) is 6.54 Å². The van der Waals surface area contributed by atoms with Gasteiger partial charge in [-0.1, -0.05) is 13.8 Å². The zero-order valence-electron chi connectivity index (χ0n) is 12.2. The molecule has 0 unspecified atom stereocenters. The van der Waals surface area contributed by atoms with Gasteiger partial charge in [0.15, 0.2) is 18.9 Å². The number of pyridine rings is 1. The Bertz CT molecular complexity index is 361. The Morgan fingerprint density at radius 3 is 2.28 bits per heavy atom. The fourth-order valence-electron chi connectivity index (χ4n) is 2.86. The summed E-state index contributed by atoms with van der Waals surface area (Å²) in [6, 6.07) is 4.53. The molecule has 1 aliphatic heterocycles. The lowest BCUT2D eigenvalue weighted by molar-refractivity contribution is -0.931. The van der Waals surface area contributed by atoms with E-state index in [1.165, 1.54) is 48.9 Å². The van der Waals surface area contributed by atoms with Gasteiger partial charge in [-0.15, -0.1) is 0 Å². The molecular weight excluding hydrogens is 220 g/mol. The lowest BCUT2D eigenvalue weighted by atomic mass is 10.1. The number of aromatic nitrogens is 1. The number of piperidine rings is 1. The van der Waals surface area contributed by atoms with Gasteiger partial charge in [0.25, 0.3) is 0 Å². The third kappa shape index (κ3) is 3.55. The second-order valence-electron chi connectivity index (χ2n) is 6.37. The van der Waals surface area contributed by atoms with Crippen molar-refractivity contribution in [2.24, 2.45) is 0 Å². The number of rotatable bonds is 4. The van der Waals surface area contributed by atoms with Crippen molar-refractivity contribution in [1.82, 2.24) is 0 Å². The van der Waals surface area contributed by atoms with E-state index in [9.17, 15) is 0 Å². The molecule has 1 aromatic rings. The minimum Gasteiger partial charge on any atom is -0.321 e. The maximum absolute atomic E-state index is 2.42. The average Bonchev–Trinajstić information content (AvgIpc) is 2.38. The van der Waals surface area contributed by atoms with E-state index in [0.717, 1.165) is 6.54 Å². The monoisotopic (exact) mass is 248 g/mol. The molecular formula is C16H28N2+2. The van der Waals surface area contributed by atoms with E-state index >= 15 is 0 Å². The van der Waals surface area contributed by atoms with Gasteiger partial charge in [0.2, 0.25) is 0 Å². The number of quaternary nitrogens is 1. The largest absolute Gasteiger partial charge is 0.321 e. The van der Waals surface area contributed by atoms with Crippen molar-refractivity contribution in [2.75, 3.05) is 26.7 Å². The normalized spacial score (nSPS) is 19.1. The molecule has 0 bridgehead atoms. The zero-order valence-corrected chi connectivity index (χ0v) is 12.2. The molecule has 2 heterocycles. The first-order valence-electron chi connectivity index (χ1n) is 7.42. The Morgan fingerprint density at radius 2 is 1.72 bits per heavy atom. The molecule has 1 fully saturated rings. The number of nitrogens with zero attached hydrogens (tertiary/aromatic N) is 2. The van der Waals surface area contributed by atoms with Crippen LogP contribution in [-0.4, -0.2) is 31.2 Å². The van der Waals surface area contributed by atoms with E-state index in [-0.39, 0.29) is 0 Å². The summed E-state index contributed by atoms with van der Waals surface area (Å²) in [6.45, 7) is 9.65. The zero-order chi connectivity index (χ0) is 13.0. The summed E-state index contributed by atoms with van der Waals surface area (Å²) >= 11 is 0. The van der Waals surface area contributed by atoms with Gasteiger partial charge >= 0.3 is 0 Å². The molecule has 0 aromatic carbocycles. The van der Waals surface area contributed by atoms with E-state index in [4.69, 9.17) is 0 Å². The fourth-order valence-corrected chi connectivity index (χ4v) is 2.86. The summed E-state index contributed by atoms with van der Waals surface area (Å²) in [5.74, 6) is 0.631. The van der Waals surface area contributed by atoms with Crippen molar-refractivity contribution in [1.29, 1.82) is 0 Å². The van der Waals surface area contributed by atoms with Gasteiger partial charge < -0.3 is 4.48 Å². The number of hydrogen-bond acceptors (Lipinski definition) is 0. The highest BCUT2D eigenvalue weighted by atomic mass is 15.3. The van der Waals surface area contributed by atoms with Crippen LogP contribution in [-0.2, 0) is 6.54 Å². The van der Waals surface area contributed by atoms with Crippen LogP contribution in [0, 0.1) is 0 Å². The van der Waals surface area contributed by atoms with Gasteiger partial charge in [-0.3, -0.25) is 0 Å². The van der Waals surface area contributed by atoms with Crippen LogP contribution in [0.25, 0.3) is 0 Å². The number of likely N-dealkylation sites (N-methyl/N-ethyl adjacent to an activating group) is 1. The molecule has 0 atom stereocenters. The summed E-state index contributed by atoms with van der Waals surface area (Å²) < 4.78 is 3.60. The van der Waals surface area contributed by atoms with Crippen LogP contribution in [0.2, 0.25) is 0 Å². The minimum absolute atomic E-state index is 0.631. The molecule has 2 nitrogen and oxygen atoms in total. The quantitative estimate of drug-likeness (QED) is 0.570. The Hall–Kier alpha value is -0.890. The van der Waals surface area contributed by atoms with Gasteiger partial charge in [0.05, 0.1) is 20.1 Å². The van der Waals surface area contributed by atoms with Gasteiger partial charge in [-0.25, -0.2) is 0 Å². The standard InChI is InChI=1S/C16H28N2/c1-15(2)16-7-9-17(10-8-16)11-14-18(3)12-5-4-6-13-18/h7-10,15H,4-6,11-14H2,1-3H3/q+2. The lowest BCUT2D eigenvalue weighted by Crippen LogP contribution is -2.52. The van der Waals surface area contributed by atoms with Crippen LogP contribution in [0.15, 0.2) is 24.5 Å². The minimum atomic E-state index is 0.631. The Kier molecular flexibility index (Phi) is 4.39. The molecule has 2 heteroatoms. The molecule has 2 rings (SSSR count). The van der Waals surface area contributed by atoms with E-state index < -0.39 is 0 Å². The lowest BCUT2D eigenvalue weighted by Gasteiger charge is -2.36. The maximum Gasteiger partial charge on any atom is 0.196 e. The summed E-state index contributed by atoms with van der Waals surface area (Å²) in [6.07, 6.45) is 8.74. The van der Waals surface area contributed by atoms with Crippen molar-refractivity contribution < 1.29 is 9.05 Å². The van der Waals surface area contributed by atoms with Crippen molar-refractivity contribution in [3.63, 3.8) is 0 Å². The van der Waals surface area contributed by atoms with E-state index in [1.54, 1.807) is 0 Å². The van der Waals surface area contributed by atoms with Gasteiger partial charge in [0, 0.05) is 12.1 Å². The second kappa shape index (κ2) is 5.83. The van der Waals surface area contributed by atoms with E-state index in [2.05, 4.69) is 50.0 Å². The molecule has 0 saturated carbocycles. The molecule has 18 heavy (non-hydrogen) atoms. The first kappa shape index (κ1) is 13.5. The highest BCUT2D eigenvalue weighted by Crippen LogP contribution is 2.15. The maximum atomic E-state index is 2.42. The Labute approximate surface area is 112 Å². The van der Waals surface area contributed by atoms with Gasteiger partial charge in [-0.2, -0.15) is 4.57 Å². The number of hydrogen-bond donors (Lipinski definition) is 0. The van der Waals surface area contributed by atoms with E-state index in [0.29, 0.717) is 5.92 Å². The molecule has 0 aliphatic carbocycles. The first-order chi connectivity index (χ1) is 8.59. The van der Waals surface area contributed by atoms with Crippen LogP contribution < -0.4 is 4.57 Å². The van der Waals surface area contributed by atoms with Crippen molar-refractivity contribution in [3.8, 4) is 0 Å². The summed E-state index contributed by atoms with van der Waals surface area (Å²) in [5.41, 5.74) is 1.43. The first-order valence-corrected chi connectivity index (χ1v) is 7.42. The molecule has 0 radical (unpaired) electrons. The third-order valence-electron chi connectivity index (χ3n) is 4.38.